The summed E-state index contributed by atoms with van der Waals surface area (Å²) in [6.07, 6.45) is 2.11. The van der Waals surface area contributed by atoms with Crippen LogP contribution in [0, 0.1) is 11.3 Å². The Labute approximate surface area is 168 Å². The Morgan fingerprint density at radius 3 is 2.62 bits per heavy atom. The first kappa shape index (κ1) is 18.4. The van der Waals surface area contributed by atoms with Gasteiger partial charge in [0.2, 0.25) is 5.91 Å². The molecule has 0 saturated carbocycles. The number of H-pyrrole nitrogens is 1. The Balaban J connectivity index is 1.67. The van der Waals surface area contributed by atoms with Crippen LogP contribution < -0.4 is 4.90 Å². The largest absolute Gasteiger partial charge is 0.323 e. The van der Waals surface area contributed by atoms with E-state index in [1.165, 1.54) is 6.20 Å². The first-order valence-electron chi connectivity index (χ1n) is 9.31. The van der Waals surface area contributed by atoms with Crippen LogP contribution in [0.2, 0.25) is 0 Å². The number of anilines is 1. The van der Waals surface area contributed by atoms with E-state index in [0.717, 1.165) is 5.56 Å². The molecule has 7 nitrogen and oxygen atoms in total. The highest BCUT2D eigenvalue weighted by Crippen LogP contribution is 2.26. The van der Waals surface area contributed by atoms with E-state index in [4.69, 9.17) is 0 Å². The van der Waals surface area contributed by atoms with E-state index in [0.29, 0.717) is 29.9 Å². The maximum absolute atomic E-state index is 13.0. The molecule has 3 aromatic rings. The Kier molecular flexibility index (Phi) is 5.08. The molecule has 4 rings (SSSR count). The lowest BCUT2D eigenvalue weighted by molar-refractivity contribution is -0.121. The lowest BCUT2D eigenvalue weighted by atomic mass is 10.00. The molecule has 0 bridgehead atoms. The van der Waals surface area contributed by atoms with E-state index < -0.39 is 0 Å². The summed E-state index contributed by atoms with van der Waals surface area (Å²) in [7, 11) is 0. The summed E-state index contributed by atoms with van der Waals surface area (Å²) < 4.78 is 0. The lowest BCUT2D eigenvalue weighted by Crippen LogP contribution is -2.59. The lowest BCUT2D eigenvalue weighted by Gasteiger charge is -2.41. The number of hydrogen-bond acceptors (Lipinski definition) is 4. The molecule has 7 heteroatoms. The van der Waals surface area contributed by atoms with Crippen LogP contribution in [0.5, 0.6) is 0 Å². The number of carbonyl (C=O) groups is 2. The number of nitrogens with one attached hydrogen (secondary N) is 1. The number of aromatic amines is 1. The molecule has 0 radical (unpaired) electrons. The molecule has 29 heavy (non-hydrogen) atoms. The number of para-hydroxylation sites is 1. The molecular weight excluding hydrogens is 366 g/mol. The van der Waals surface area contributed by atoms with Gasteiger partial charge in [0.1, 0.15) is 18.3 Å². The van der Waals surface area contributed by atoms with Crippen molar-refractivity contribution in [1.29, 1.82) is 5.26 Å². The number of nitrogens with zero attached hydrogens (tertiary/aromatic N) is 4. The number of nitriles is 1. The molecule has 1 aromatic heterocycles. The molecule has 2 heterocycles. The van der Waals surface area contributed by atoms with Gasteiger partial charge in [-0.15, -0.1) is 0 Å². The molecule has 2 aromatic carbocycles. The number of carbonyl (C=O) groups excluding carboxylic acids is 2. The first-order valence-corrected chi connectivity index (χ1v) is 9.31. The summed E-state index contributed by atoms with van der Waals surface area (Å²) >= 11 is 0. The van der Waals surface area contributed by atoms with E-state index in [2.05, 4.69) is 16.3 Å². The second-order valence-corrected chi connectivity index (χ2v) is 6.88. The molecule has 144 valence electrons. The van der Waals surface area contributed by atoms with Gasteiger partial charge in [0.25, 0.3) is 5.91 Å². The van der Waals surface area contributed by atoms with Crippen molar-refractivity contribution in [1.82, 2.24) is 15.1 Å². The van der Waals surface area contributed by atoms with Crippen LogP contribution in [0.15, 0.2) is 66.9 Å². The fourth-order valence-corrected chi connectivity index (χ4v) is 3.64. The number of benzene rings is 2. The van der Waals surface area contributed by atoms with E-state index in [9.17, 15) is 14.9 Å². The van der Waals surface area contributed by atoms with Crippen molar-refractivity contribution in [2.45, 2.75) is 12.5 Å². The highest BCUT2D eigenvalue weighted by atomic mass is 16.2. The number of hydrogen-bond donors (Lipinski definition) is 1. The number of amides is 2. The Hall–Kier alpha value is -3.92. The summed E-state index contributed by atoms with van der Waals surface area (Å²) in [5.41, 5.74) is 2.43. The zero-order valence-electron chi connectivity index (χ0n) is 15.7. The summed E-state index contributed by atoms with van der Waals surface area (Å²) in [4.78, 5) is 29.2. The first-order chi connectivity index (χ1) is 14.2. The predicted molar refractivity (Wildman–Crippen MR) is 107 cm³/mol. The Bertz CT molecular complexity index is 1060. The molecule has 0 unspecified atom stereocenters. The second-order valence-electron chi connectivity index (χ2n) is 6.88. The van der Waals surface area contributed by atoms with Gasteiger partial charge in [0.05, 0.1) is 17.3 Å². The van der Waals surface area contributed by atoms with Gasteiger partial charge in [-0.3, -0.25) is 14.7 Å². The third kappa shape index (κ3) is 3.73. The fourth-order valence-electron chi connectivity index (χ4n) is 3.64. The predicted octanol–water partition coefficient (Wildman–Crippen LogP) is 2.38. The van der Waals surface area contributed by atoms with Crippen LogP contribution in [0.4, 0.5) is 5.69 Å². The molecule has 1 N–H and O–H groups in total. The summed E-state index contributed by atoms with van der Waals surface area (Å²) in [5.74, 6) is -0.477. The van der Waals surface area contributed by atoms with E-state index in [1.807, 2.05) is 30.3 Å². The van der Waals surface area contributed by atoms with Crippen LogP contribution in [0.3, 0.4) is 0 Å². The molecule has 0 spiro atoms. The van der Waals surface area contributed by atoms with Crippen LogP contribution in [-0.4, -0.2) is 46.0 Å². The maximum atomic E-state index is 13.0. The summed E-state index contributed by atoms with van der Waals surface area (Å²) in [6.45, 7) is 0.251. The Morgan fingerprint density at radius 2 is 1.90 bits per heavy atom. The average molecular weight is 385 g/mol. The van der Waals surface area contributed by atoms with Crippen molar-refractivity contribution >= 4 is 17.5 Å². The van der Waals surface area contributed by atoms with E-state index >= 15 is 0 Å². The normalized spacial score (nSPS) is 16.5. The fraction of sp³-hybridized carbons (Fsp3) is 0.182. The van der Waals surface area contributed by atoms with E-state index in [-0.39, 0.29) is 24.4 Å². The summed E-state index contributed by atoms with van der Waals surface area (Å²) in [5, 5.41) is 16.0. The minimum absolute atomic E-state index is 0.0604. The SMILES string of the molecule is N#Cc1ccccc1N1C[C@H](Cc2ccccc2)N(C(=O)c2ccn[nH]2)CC1=O. The molecule has 2 amide bonds. The smallest absolute Gasteiger partial charge is 0.272 e. The zero-order chi connectivity index (χ0) is 20.2. The van der Waals surface area contributed by atoms with Gasteiger partial charge < -0.3 is 9.80 Å². The van der Waals surface area contributed by atoms with Gasteiger partial charge in [-0.2, -0.15) is 10.4 Å². The maximum Gasteiger partial charge on any atom is 0.272 e. The minimum Gasteiger partial charge on any atom is -0.323 e. The Morgan fingerprint density at radius 1 is 1.14 bits per heavy atom. The third-order valence-corrected chi connectivity index (χ3v) is 5.06. The van der Waals surface area contributed by atoms with Crippen molar-refractivity contribution in [2.75, 3.05) is 18.0 Å². The molecule has 1 aliphatic rings. The van der Waals surface area contributed by atoms with Crippen LogP contribution in [0.1, 0.15) is 21.6 Å². The van der Waals surface area contributed by atoms with Crippen molar-refractivity contribution < 1.29 is 9.59 Å². The number of aromatic nitrogens is 2. The second kappa shape index (κ2) is 7.98. The molecular formula is C22H19N5O2. The van der Waals surface area contributed by atoms with Crippen LogP contribution in [0.25, 0.3) is 0 Å². The highest BCUT2D eigenvalue weighted by molar-refractivity contribution is 6.02. The van der Waals surface area contributed by atoms with Gasteiger partial charge in [0.15, 0.2) is 0 Å². The van der Waals surface area contributed by atoms with Gasteiger partial charge in [-0.05, 0) is 30.2 Å². The molecule has 1 saturated heterocycles. The number of rotatable bonds is 4. The standard InChI is InChI=1S/C22H19N5O2/c23-13-17-8-4-5-9-20(17)27-14-18(12-16-6-2-1-3-7-16)26(15-21(27)28)22(29)19-10-11-24-25-19/h1-11,18H,12,14-15H2,(H,24,25)/t18-/m0/s1. The molecule has 1 aliphatic heterocycles. The minimum atomic E-state index is -0.259. The van der Waals surface area contributed by atoms with Gasteiger partial charge in [-0.25, -0.2) is 0 Å². The third-order valence-electron chi connectivity index (χ3n) is 5.06. The van der Waals surface area contributed by atoms with Gasteiger partial charge in [0, 0.05) is 12.7 Å². The summed E-state index contributed by atoms with van der Waals surface area (Å²) in [6, 6.07) is 20.4. The monoisotopic (exact) mass is 385 g/mol. The molecule has 1 atom stereocenters. The quantitative estimate of drug-likeness (QED) is 0.746. The van der Waals surface area contributed by atoms with Crippen LogP contribution >= 0.6 is 0 Å². The molecule has 1 fully saturated rings. The van der Waals surface area contributed by atoms with Gasteiger partial charge >= 0.3 is 0 Å². The highest BCUT2D eigenvalue weighted by Gasteiger charge is 2.37. The van der Waals surface area contributed by atoms with Crippen molar-refractivity contribution in [2.24, 2.45) is 0 Å². The average Bonchev–Trinajstić information content (AvgIpc) is 3.30. The van der Waals surface area contributed by atoms with Crippen molar-refractivity contribution in [3.63, 3.8) is 0 Å². The topological polar surface area (TPSA) is 93.1 Å². The van der Waals surface area contributed by atoms with E-state index in [1.54, 1.807) is 40.1 Å². The van der Waals surface area contributed by atoms with Crippen LogP contribution in [-0.2, 0) is 11.2 Å². The zero-order valence-corrected chi connectivity index (χ0v) is 15.7. The molecule has 0 aliphatic carbocycles. The van der Waals surface area contributed by atoms with Crippen molar-refractivity contribution in [3.05, 3.63) is 83.7 Å². The number of piperazine rings is 1. The van der Waals surface area contributed by atoms with Crippen molar-refractivity contribution in [3.8, 4) is 6.07 Å². The van der Waals surface area contributed by atoms with Gasteiger partial charge in [-0.1, -0.05) is 42.5 Å².